The van der Waals surface area contributed by atoms with Crippen LogP contribution in [0.3, 0.4) is 0 Å². The zero-order valence-corrected chi connectivity index (χ0v) is 8.71. The highest BCUT2D eigenvalue weighted by atomic mass is 32.2. The molecule has 0 radical (unpaired) electrons. The zero-order valence-electron chi connectivity index (χ0n) is 7.89. The molecule has 0 aliphatic carbocycles. The van der Waals surface area contributed by atoms with E-state index in [0.717, 1.165) is 11.4 Å². The first-order valence-electron chi connectivity index (χ1n) is 4.20. The molecule has 0 atom stereocenters. The van der Waals surface area contributed by atoms with Crippen LogP contribution in [0.1, 0.15) is 33.1 Å². The second kappa shape index (κ2) is 7.25. The van der Waals surface area contributed by atoms with Gasteiger partial charge in [0.1, 0.15) is 0 Å². The van der Waals surface area contributed by atoms with Crippen molar-refractivity contribution in [3.8, 4) is 0 Å². The van der Waals surface area contributed by atoms with Crippen molar-refractivity contribution in [1.29, 1.82) is 0 Å². The number of hydrazine groups is 1. The summed E-state index contributed by atoms with van der Waals surface area (Å²) in [5.74, 6) is 5.18. The van der Waals surface area contributed by atoms with Crippen LogP contribution in [0.2, 0.25) is 0 Å². The number of hydrogen-bond donors (Lipinski definition) is 2. The molecule has 2 nitrogen and oxygen atoms in total. The van der Waals surface area contributed by atoms with E-state index in [0.29, 0.717) is 0 Å². The third kappa shape index (κ3) is 6.31. The minimum Gasteiger partial charge on any atom is -0.319 e. The highest BCUT2D eigenvalue weighted by molar-refractivity contribution is 8.06. The van der Waals surface area contributed by atoms with Gasteiger partial charge in [0.15, 0.2) is 0 Å². The van der Waals surface area contributed by atoms with Gasteiger partial charge in [-0.2, -0.15) is 0 Å². The fraction of sp³-hybridized carbons (Fsp3) is 0.556. The highest BCUT2D eigenvalue weighted by Gasteiger charge is 1.92. The van der Waals surface area contributed by atoms with Gasteiger partial charge in [0.25, 0.3) is 0 Å². The molecule has 0 rings (SSSR count). The molecule has 0 aromatic carbocycles. The topological polar surface area (TPSA) is 38.0 Å². The standard InChI is InChI=1S/C9H18N2S/c1-4-5-6-7-8(2)12-9(3)11-10/h7,11H,3-6,10H2,1-2H3/b8-7-. The summed E-state index contributed by atoms with van der Waals surface area (Å²) in [6.07, 6.45) is 5.86. The van der Waals surface area contributed by atoms with Gasteiger partial charge in [0.05, 0.1) is 5.03 Å². The molecule has 0 saturated heterocycles. The maximum absolute atomic E-state index is 5.18. The Hall–Kier alpha value is -0.410. The Morgan fingerprint density at radius 3 is 2.83 bits per heavy atom. The van der Waals surface area contributed by atoms with Crippen molar-refractivity contribution in [1.82, 2.24) is 5.43 Å². The molecule has 0 spiro atoms. The third-order valence-corrected chi connectivity index (χ3v) is 2.29. The fourth-order valence-corrected chi connectivity index (χ4v) is 1.42. The maximum Gasteiger partial charge on any atom is 0.0794 e. The number of rotatable bonds is 6. The number of unbranched alkanes of at least 4 members (excludes halogenated alkanes) is 2. The van der Waals surface area contributed by atoms with E-state index in [2.05, 4.69) is 31.9 Å². The summed E-state index contributed by atoms with van der Waals surface area (Å²) in [5.41, 5.74) is 2.51. The average Bonchev–Trinajstić information content (AvgIpc) is 2.05. The molecule has 0 amide bonds. The van der Waals surface area contributed by atoms with Crippen molar-refractivity contribution in [2.75, 3.05) is 0 Å². The Bertz CT molecular complexity index is 164. The molecule has 3 heteroatoms. The molecule has 12 heavy (non-hydrogen) atoms. The van der Waals surface area contributed by atoms with Crippen LogP contribution < -0.4 is 11.3 Å². The molecule has 0 saturated carbocycles. The molecule has 70 valence electrons. The lowest BCUT2D eigenvalue weighted by atomic mass is 10.2. The summed E-state index contributed by atoms with van der Waals surface area (Å²) < 4.78 is 0. The van der Waals surface area contributed by atoms with Crippen molar-refractivity contribution < 1.29 is 0 Å². The first-order valence-corrected chi connectivity index (χ1v) is 5.02. The van der Waals surface area contributed by atoms with Crippen LogP contribution in [-0.2, 0) is 0 Å². The van der Waals surface area contributed by atoms with Gasteiger partial charge >= 0.3 is 0 Å². The largest absolute Gasteiger partial charge is 0.319 e. The molecular formula is C9H18N2S. The minimum absolute atomic E-state index is 0.792. The lowest BCUT2D eigenvalue weighted by Crippen LogP contribution is -2.18. The number of nitrogens with one attached hydrogen (secondary N) is 1. The lowest BCUT2D eigenvalue weighted by molar-refractivity contribution is 0.813. The Morgan fingerprint density at radius 2 is 2.33 bits per heavy atom. The number of allylic oxidation sites excluding steroid dienone is 2. The van der Waals surface area contributed by atoms with Crippen LogP contribution >= 0.6 is 11.8 Å². The van der Waals surface area contributed by atoms with E-state index in [9.17, 15) is 0 Å². The second-order valence-electron chi connectivity index (χ2n) is 2.63. The van der Waals surface area contributed by atoms with Gasteiger partial charge in [-0.1, -0.05) is 44.2 Å². The quantitative estimate of drug-likeness (QED) is 0.380. The molecule has 0 aliphatic heterocycles. The second-order valence-corrected chi connectivity index (χ2v) is 3.97. The summed E-state index contributed by atoms with van der Waals surface area (Å²) >= 11 is 1.58. The van der Waals surface area contributed by atoms with Crippen molar-refractivity contribution in [3.05, 3.63) is 22.6 Å². The first-order chi connectivity index (χ1) is 5.70. The van der Waals surface area contributed by atoms with Crippen LogP contribution in [-0.4, -0.2) is 0 Å². The lowest BCUT2D eigenvalue weighted by Gasteiger charge is -2.03. The summed E-state index contributed by atoms with van der Waals surface area (Å²) in [6, 6.07) is 0. The van der Waals surface area contributed by atoms with Gasteiger partial charge < -0.3 is 5.43 Å². The van der Waals surface area contributed by atoms with Crippen molar-refractivity contribution >= 4 is 11.8 Å². The van der Waals surface area contributed by atoms with Gasteiger partial charge in [-0.3, -0.25) is 5.84 Å². The van der Waals surface area contributed by atoms with Crippen LogP contribution in [0.5, 0.6) is 0 Å². The molecule has 0 unspecified atom stereocenters. The third-order valence-electron chi connectivity index (χ3n) is 1.43. The molecule has 0 aromatic rings. The Morgan fingerprint density at radius 1 is 1.67 bits per heavy atom. The Kier molecular flexibility index (Phi) is 7.00. The number of nitrogens with two attached hydrogens (primary N) is 1. The van der Waals surface area contributed by atoms with E-state index in [4.69, 9.17) is 5.84 Å². The van der Waals surface area contributed by atoms with Crippen molar-refractivity contribution in [3.63, 3.8) is 0 Å². The van der Waals surface area contributed by atoms with Gasteiger partial charge in [-0.05, 0) is 18.2 Å². The fourth-order valence-electron chi connectivity index (χ4n) is 0.775. The van der Waals surface area contributed by atoms with Crippen LogP contribution in [0, 0.1) is 0 Å². The van der Waals surface area contributed by atoms with Crippen LogP contribution in [0.15, 0.2) is 22.6 Å². The predicted molar refractivity (Wildman–Crippen MR) is 57.3 cm³/mol. The van der Waals surface area contributed by atoms with Gasteiger partial charge in [-0.15, -0.1) is 0 Å². The zero-order chi connectivity index (χ0) is 9.40. The van der Waals surface area contributed by atoms with E-state index in [1.54, 1.807) is 11.8 Å². The van der Waals surface area contributed by atoms with E-state index in [-0.39, 0.29) is 0 Å². The predicted octanol–water partition coefficient (Wildman–Crippen LogP) is 2.75. The van der Waals surface area contributed by atoms with Crippen molar-refractivity contribution in [2.24, 2.45) is 5.84 Å². The highest BCUT2D eigenvalue weighted by Crippen LogP contribution is 2.21. The first kappa shape index (κ1) is 11.6. The number of thioether (sulfide) groups is 1. The molecule has 0 aromatic heterocycles. The molecule has 0 bridgehead atoms. The van der Waals surface area contributed by atoms with Gasteiger partial charge in [0.2, 0.25) is 0 Å². The normalized spacial score (nSPS) is 11.4. The van der Waals surface area contributed by atoms with E-state index >= 15 is 0 Å². The molecule has 0 aliphatic rings. The van der Waals surface area contributed by atoms with E-state index in [1.165, 1.54) is 17.7 Å². The summed E-state index contributed by atoms with van der Waals surface area (Å²) in [4.78, 5) is 1.26. The Balaban J connectivity index is 3.62. The average molecular weight is 186 g/mol. The number of hydrogen-bond acceptors (Lipinski definition) is 3. The molecule has 0 fully saturated rings. The maximum atomic E-state index is 5.18. The molecular weight excluding hydrogens is 168 g/mol. The monoisotopic (exact) mass is 186 g/mol. The molecule has 3 N–H and O–H groups in total. The van der Waals surface area contributed by atoms with Crippen molar-refractivity contribution in [2.45, 2.75) is 33.1 Å². The molecule has 0 heterocycles. The van der Waals surface area contributed by atoms with E-state index in [1.807, 2.05) is 0 Å². The summed E-state index contributed by atoms with van der Waals surface area (Å²) in [5, 5.41) is 0.792. The van der Waals surface area contributed by atoms with Crippen LogP contribution in [0.4, 0.5) is 0 Å². The summed E-state index contributed by atoms with van der Waals surface area (Å²) in [7, 11) is 0. The SMILES string of the molecule is C=C(NN)S/C(C)=C\CCCC. The smallest absolute Gasteiger partial charge is 0.0794 e. The van der Waals surface area contributed by atoms with Gasteiger partial charge in [-0.25, -0.2) is 0 Å². The minimum atomic E-state index is 0.792. The Labute approximate surface area is 79.3 Å². The summed E-state index contributed by atoms with van der Waals surface area (Å²) in [6.45, 7) is 7.99. The van der Waals surface area contributed by atoms with E-state index < -0.39 is 0 Å². The van der Waals surface area contributed by atoms with Crippen LogP contribution in [0.25, 0.3) is 0 Å². The van der Waals surface area contributed by atoms with Gasteiger partial charge in [0, 0.05) is 0 Å².